The first-order valence-corrected chi connectivity index (χ1v) is 6.94. The summed E-state index contributed by atoms with van der Waals surface area (Å²) < 4.78 is 13.7. The smallest absolute Gasteiger partial charge is 0.309 e. The van der Waals surface area contributed by atoms with Gasteiger partial charge in [0.25, 0.3) is 0 Å². The van der Waals surface area contributed by atoms with Crippen LogP contribution in [-0.4, -0.2) is 29.6 Å². The van der Waals surface area contributed by atoms with Crippen LogP contribution in [0.3, 0.4) is 0 Å². The summed E-state index contributed by atoms with van der Waals surface area (Å²) in [6, 6.07) is 6.74. The van der Waals surface area contributed by atoms with Crippen molar-refractivity contribution in [3.63, 3.8) is 0 Å². The molecule has 0 heterocycles. The quantitative estimate of drug-likeness (QED) is 0.828. The molecule has 1 N–H and O–H groups in total. The lowest BCUT2D eigenvalue weighted by Gasteiger charge is -2.27. The maximum Gasteiger partial charge on any atom is 0.309 e. The van der Waals surface area contributed by atoms with Gasteiger partial charge in [-0.1, -0.05) is 18.2 Å². The normalized spacial score (nSPS) is 13.5. The maximum atomic E-state index is 13.7. The van der Waals surface area contributed by atoms with Crippen LogP contribution in [0.1, 0.15) is 45.2 Å². The van der Waals surface area contributed by atoms with E-state index in [0.29, 0.717) is 12.0 Å². The number of halogens is 1. The predicted octanol–water partition coefficient (Wildman–Crippen LogP) is 3.71. The maximum absolute atomic E-state index is 13.7. The van der Waals surface area contributed by atoms with E-state index in [2.05, 4.69) is 4.90 Å². The number of hydrogen-bond donors (Lipinski definition) is 1. The van der Waals surface area contributed by atoms with Crippen LogP contribution >= 0.6 is 0 Å². The van der Waals surface area contributed by atoms with Gasteiger partial charge in [0.1, 0.15) is 5.82 Å². The summed E-state index contributed by atoms with van der Waals surface area (Å²) in [4.78, 5) is 13.1. The molecule has 0 aromatic heterocycles. The van der Waals surface area contributed by atoms with E-state index in [1.807, 2.05) is 20.0 Å². The Hall–Kier alpha value is -1.42. The van der Waals surface area contributed by atoms with Crippen molar-refractivity contribution >= 4 is 5.97 Å². The number of rotatable bonds is 7. The third-order valence-electron chi connectivity index (χ3n) is 3.91. The molecule has 112 valence electrons. The average Bonchev–Trinajstić information content (AvgIpc) is 2.38. The molecule has 1 unspecified atom stereocenters. The van der Waals surface area contributed by atoms with Crippen molar-refractivity contribution in [1.29, 1.82) is 0 Å². The Bertz CT molecular complexity index is 460. The van der Waals surface area contributed by atoms with E-state index in [-0.39, 0.29) is 11.9 Å². The van der Waals surface area contributed by atoms with Crippen molar-refractivity contribution in [2.24, 2.45) is 5.41 Å². The lowest BCUT2D eigenvalue weighted by molar-refractivity contribution is -0.147. The van der Waals surface area contributed by atoms with Gasteiger partial charge < -0.3 is 5.11 Å². The van der Waals surface area contributed by atoms with Crippen molar-refractivity contribution in [2.45, 2.75) is 39.7 Å². The molecule has 4 heteroatoms. The summed E-state index contributed by atoms with van der Waals surface area (Å²) >= 11 is 0. The van der Waals surface area contributed by atoms with E-state index >= 15 is 0 Å². The Labute approximate surface area is 120 Å². The summed E-state index contributed by atoms with van der Waals surface area (Å²) in [7, 11) is 1.94. The highest BCUT2D eigenvalue weighted by molar-refractivity contribution is 5.73. The average molecular weight is 281 g/mol. The summed E-state index contributed by atoms with van der Waals surface area (Å²) in [5, 5.41) is 9.07. The van der Waals surface area contributed by atoms with E-state index in [0.717, 1.165) is 13.0 Å². The van der Waals surface area contributed by atoms with Crippen molar-refractivity contribution in [3.05, 3.63) is 35.6 Å². The number of carbonyl (C=O) groups is 1. The number of benzene rings is 1. The van der Waals surface area contributed by atoms with E-state index in [1.54, 1.807) is 26.0 Å². The van der Waals surface area contributed by atoms with Crippen LogP contribution in [0.25, 0.3) is 0 Å². The fourth-order valence-corrected chi connectivity index (χ4v) is 2.12. The topological polar surface area (TPSA) is 40.5 Å². The molecular weight excluding hydrogens is 257 g/mol. The molecule has 0 amide bonds. The first-order chi connectivity index (χ1) is 9.25. The number of nitrogens with zero attached hydrogens (tertiary/aromatic N) is 1. The van der Waals surface area contributed by atoms with Crippen LogP contribution in [0.2, 0.25) is 0 Å². The summed E-state index contributed by atoms with van der Waals surface area (Å²) in [5.74, 6) is -0.972. The zero-order chi connectivity index (χ0) is 15.3. The van der Waals surface area contributed by atoms with Gasteiger partial charge in [-0.3, -0.25) is 9.69 Å². The van der Waals surface area contributed by atoms with E-state index in [4.69, 9.17) is 5.11 Å². The molecule has 1 aromatic carbocycles. The van der Waals surface area contributed by atoms with Crippen molar-refractivity contribution in [2.75, 3.05) is 13.6 Å². The van der Waals surface area contributed by atoms with Gasteiger partial charge in [-0.05, 0) is 53.3 Å². The van der Waals surface area contributed by atoms with Crippen LogP contribution in [0.5, 0.6) is 0 Å². The molecule has 0 aliphatic rings. The highest BCUT2D eigenvalue weighted by atomic mass is 19.1. The van der Waals surface area contributed by atoms with E-state index in [9.17, 15) is 9.18 Å². The molecule has 0 aliphatic carbocycles. The second-order valence-electron chi connectivity index (χ2n) is 5.97. The molecule has 3 nitrogen and oxygen atoms in total. The summed E-state index contributed by atoms with van der Waals surface area (Å²) in [5.41, 5.74) is -0.0327. The number of hydrogen-bond acceptors (Lipinski definition) is 2. The van der Waals surface area contributed by atoms with Crippen molar-refractivity contribution in [1.82, 2.24) is 4.90 Å². The third-order valence-corrected chi connectivity index (χ3v) is 3.91. The minimum atomic E-state index is -0.776. The molecule has 0 saturated heterocycles. The first kappa shape index (κ1) is 16.6. The highest BCUT2D eigenvalue weighted by Gasteiger charge is 2.26. The molecule has 1 aromatic rings. The van der Waals surface area contributed by atoms with Gasteiger partial charge in [0, 0.05) is 11.6 Å². The Balaban J connectivity index is 2.53. The van der Waals surface area contributed by atoms with Crippen LogP contribution < -0.4 is 0 Å². The zero-order valence-electron chi connectivity index (χ0n) is 12.7. The predicted molar refractivity (Wildman–Crippen MR) is 78.1 cm³/mol. The van der Waals surface area contributed by atoms with Crippen molar-refractivity contribution < 1.29 is 14.3 Å². The second kappa shape index (κ2) is 6.84. The van der Waals surface area contributed by atoms with Gasteiger partial charge in [-0.25, -0.2) is 4.39 Å². The van der Waals surface area contributed by atoms with Crippen LogP contribution in [0, 0.1) is 11.2 Å². The fourth-order valence-electron chi connectivity index (χ4n) is 2.12. The Morgan fingerprint density at radius 2 is 2.00 bits per heavy atom. The lowest BCUT2D eigenvalue weighted by atomic mass is 9.88. The Kier molecular flexibility index (Phi) is 5.69. The van der Waals surface area contributed by atoms with Crippen LogP contribution in [0.4, 0.5) is 4.39 Å². The molecule has 0 saturated carbocycles. The highest BCUT2D eigenvalue weighted by Crippen LogP contribution is 2.25. The first-order valence-electron chi connectivity index (χ1n) is 6.94. The zero-order valence-corrected chi connectivity index (χ0v) is 12.7. The molecule has 20 heavy (non-hydrogen) atoms. The lowest BCUT2D eigenvalue weighted by Crippen LogP contribution is -2.28. The van der Waals surface area contributed by atoms with Gasteiger partial charge >= 0.3 is 5.97 Å². The molecule has 0 fully saturated rings. The van der Waals surface area contributed by atoms with Gasteiger partial charge in [0.2, 0.25) is 0 Å². The van der Waals surface area contributed by atoms with Crippen molar-refractivity contribution in [3.8, 4) is 0 Å². The minimum absolute atomic E-state index is 0.0239. The number of carboxylic acid groups (broad SMARTS) is 1. The molecule has 1 atom stereocenters. The third kappa shape index (κ3) is 4.30. The summed E-state index contributed by atoms with van der Waals surface area (Å²) in [6.07, 6.45) is 1.38. The monoisotopic (exact) mass is 281 g/mol. The summed E-state index contributed by atoms with van der Waals surface area (Å²) in [6.45, 7) is 6.16. The van der Waals surface area contributed by atoms with Gasteiger partial charge in [-0.15, -0.1) is 0 Å². The van der Waals surface area contributed by atoms with E-state index < -0.39 is 11.4 Å². The number of carboxylic acids is 1. The van der Waals surface area contributed by atoms with E-state index in [1.165, 1.54) is 6.07 Å². The molecule has 0 radical (unpaired) electrons. The molecule has 0 aliphatic heterocycles. The molecule has 0 spiro atoms. The van der Waals surface area contributed by atoms with Crippen LogP contribution in [0.15, 0.2) is 24.3 Å². The standard InChI is InChI=1S/C16H24FNO2/c1-12(13-8-5-6-9-14(13)17)18(4)11-7-10-16(2,3)15(19)20/h5-6,8-9,12H,7,10-11H2,1-4H3,(H,19,20). The van der Waals surface area contributed by atoms with Crippen LogP contribution in [-0.2, 0) is 4.79 Å². The molecule has 1 rings (SSSR count). The fraction of sp³-hybridized carbons (Fsp3) is 0.562. The Morgan fingerprint density at radius 1 is 1.40 bits per heavy atom. The molecular formula is C16H24FNO2. The number of aliphatic carboxylic acids is 1. The molecule has 0 bridgehead atoms. The van der Waals surface area contributed by atoms with Gasteiger partial charge in [0.05, 0.1) is 5.41 Å². The SMILES string of the molecule is CC(c1ccccc1F)N(C)CCCC(C)(C)C(=O)O. The largest absolute Gasteiger partial charge is 0.481 e. The van der Waals surface area contributed by atoms with Gasteiger partial charge in [-0.2, -0.15) is 0 Å². The minimum Gasteiger partial charge on any atom is -0.481 e. The van der Waals surface area contributed by atoms with Gasteiger partial charge in [0.15, 0.2) is 0 Å². The Morgan fingerprint density at radius 3 is 2.55 bits per heavy atom. The second-order valence-corrected chi connectivity index (χ2v) is 5.97.